The molecule has 2 aromatic rings. The van der Waals surface area contributed by atoms with Crippen LogP contribution >= 0.6 is 11.6 Å². The molecule has 0 aliphatic rings. The van der Waals surface area contributed by atoms with Gasteiger partial charge in [-0.2, -0.15) is 0 Å². The SMILES string of the molecule is C#C.CC.CCCl.CC[C@@H](C)Cc1ccccc1.[B]/C(C)=C(\C(C)=N)c1cnc(C)c(C)c1. The summed E-state index contributed by atoms with van der Waals surface area (Å²) in [5.74, 6) is 1.54. The van der Waals surface area contributed by atoms with Crippen LogP contribution in [0, 0.1) is 38.0 Å². The first-order valence-corrected chi connectivity index (χ1v) is 12.1. The smallest absolute Gasteiger partial charge is 0.108 e. The Morgan fingerprint density at radius 2 is 1.58 bits per heavy atom. The average molecular weight is 467 g/mol. The molecular weight excluding hydrogens is 423 g/mol. The van der Waals surface area contributed by atoms with E-state index in [-0.39, 0.29) is 0 Å². The van der Waals surface area contributed by atoms with E-state index in [9.17, 15) is 0 Å². The molecule has 1 atom stereocenters. The van der Waals surface area contributed by atoms with Crippen LogP contribution in [0.3, 0.4) is 0 Å². The van der Waals surface area contributed by atoms with Crippen LogP contribution in [0.2, 0.25) is 0 Å². The number of hydrogen-bond acceptors (Lipinski definition) is 2. The van der Waals surface area contributed by atoms with Crippen LogP contribution < -0.4 is 0 Å². The molecule has 4 heteroatoms. The minimum absolute atomic E-state index is 0.472. The van der Waals surface area contributed by atoms with Crippen LogP contribution in [0.5, 0.6) is 0 Å². The second-order valence-corrected chi connectivity index (χ2v) is 7.81. The van der Waals surface area contributed by atoms with Crippen molar-refractivity contribution < 1.29 is 0 Å². The van der Waals surface area contributed by atoms with Gasteiger partial charge in [-0.1, -0.05) is 78.3 Å². The number of terminal acetylenes is 1. The highest BCUT2D eigenvalue weighted by Crippen LogP contribution is 2.20. The number of pyridine rings is 1. The van der Waals surface area contributed by atoms with Gasteiger partial charge in [-0.3, -0.25) is 4.98 Å². The fraction of sp³-hybridized carbons (Fsp3) is 0.448. The second kappa shape index (κ2) is 22.9. The molecule has 2 radical (unpaired) electrons. The number of allylic oxidation sites excluding steroid dienone is 2. The zero-order valence-electron chi connectivity index (χ0n) is 22.3. The summed E-state index contributed by atoms with van der Waals surface area (Å²) >= 11 is 5.00. The molecule has 0 aliphatic carbocycles. The maximum absolute atomic E-state index is 7.68. The van der Waals surface area contributed by atoms with Crippen molar-refractivity contribution in [2.75, 3.05) is 5.88 Å². The van der Waals surface area contributed by atoms with Gasteiger partial charge in [0.2, 0.25) is 0 Å². The summed E-state index contributed by atoms with van der Waals surface area (Å²) in [5, 5.41) is 7.68. The van der Waals surface area contributed by atoms with Gasteiger partial charge in [0.25, 0.3) is 0 Å². The van der Waals surface area contributed by atoms with Crippen LogP contribution in [-0.2, 0) is 6.42 Å². The molecule has 0 fully saturated rings. The summed E-state index contributed by atoms with van der Waals surface area (Å²) in [7, 11) is 5.77. The van der Waals surface area contributed by atoms with E-state index >= 15 is 0 Å². The minimum Gasteiger partial charge on any atom is -0.305 e. The first-order chi connectivity index (χ1) is 15.7. The molecule has 0 aliphatic heterocycles. The van der Waals surface area contributed by atoms with Crippen LogP contribution in [0.25, 0.3) is 5.57 Å². The number of benzene rings is 1. The van der Waals surface area contributed by atoms with Crippen LogP contribution in [0.15, 0.2) is 48.1 Å². The van der Waals surface area contributed by atoms with Crippen molar-refractivity contribution in [2.24, 2.45) is 5.92 Å². The molecule has 33 heavy (non-hydrogen) atoms. The number of aromatic nitrogens is 1. The van der Waals surface area contributed by atoms with Crippen molar-refractivity contribution in [2.45, 2.75) is 75.2 Å². The molecule has 0 amide bonds. The van der Waals surface area contributed by atoms with E-state index in [1.807, 2.05) is 47.6 Å². The number of rotatable bonds is 5. The van der Waals surface area contributed by atoms with Gasteiger partial charge in [0.1, 0.15) is 7.85 Å². The summed E-state index contributed by atoms with van der Waals surface area (Å²) in [6.07, 6.45) is 12.3. The lowest BCUT2D eigenvalue weighted by Gasteiger charge is -2.10. The Bertz CT molecular complexity index is 807. The molecule has 0 saturated carbocycles. The molecule has 1 aromatic carbocycles. The van der Waals surface area contributed by atoms with Gasteiger partial charge < -0.3 is 5.41 Å². The number of nitrogens with one attached hydrogen (secondary N) is 1. The van der Waals surface area contributed by atoms with Crippen molar-refractivity contribution in [1.82, 2.24) is 4.98 Å². The maximum atomic E-state index is 7.68. The Morgan fingerprint density at radius 3 is 1.94 bits per heavy atom. The van der Waals surface area contributed by atoms with E-state index in [0.717, 1.165) is 34.2 Å². The maximum Gasteiger partial charge on any atom is 0.108 e. The molecule has 1 aromatic heterocycles. The molecule has 0 spiro atoms. The Labute approximate surface area is 211 Å². The van der Waals surface area contributed by atoms with Crippen molar-refractivity contribution in [3.05, 3.63) is 70.5 Å². The molecule has 180 valence electrons. The lowest BCUT2D eigenvalue weighted by atomic mass is 9.86. The first kappa shape index (κ1) is 35.3. The van der Waals surface area contributed by atoms with E-state index in [0.29, 0.717) is 11.2 Å². The Hall–Kier alpha value is -2.31. The molecule has 1 N–H and O–H groups in total. The molecule has 0 bridgehead atoms. The minimum atomic E-state index is 0.472. The highest BCUT2D eigenvalue weighted by Gasteiger charge is 2.07. The van der Waals surface area contributed by atoms with Gasteiger partial charge in [-0.15, -0.1) is 29.9 Å². The Balaban J connectivity index is -0.000000439. The van der Waals surface area contributed by atoms with E-state index in [1.165, 1.54) is 18.4 Å². The second-order valence-electron chi connectivity index (χ2n) is 7.28. The van der Waals surface area contributed by atoms with Gasteiger partial charge in [-0.25, -0.2) is 0 Å². The number of aryl methyl sites for hydroxylation is 2. The van der Waals surface area contributed by atoms with Crippen molar-refractivity contribution in [3.8, 4) is 12.8 Å². The third-order valence-corrected chi connectivity index (χ3v) is 4.52. The summed E-state index contributed by atoms with van der Waals surface area (Å²) in [6, 6.07) is 12.7. The van der Waals surface area contributed by atoms with Crippen molar-refractivity contribution >= 4 is 30.7 Å². The summed E-state index contributed by atoms with van der Waals surface area (Å²) in [4.78, 5) is 4.28. The number of hydrogen-bond donors (Lipinski definition) is 1. The third kappa shape index (κ3) is 16.9. The molecule has 1 heterocycles. The summed E-state index contributed by atoms with van der Waals surface area (Å²) < 4.78 is 0. The summed E-state index contributed by atoms with van der Waals surface area (Å²) in [6.45, 7) is 18.0. The fourth-order valence-electron chi connectivity index (χ4n) is 2.68. The monoisotopic (exact) mass is 466 g/mol. The Morgan fingerprint density at radius 1 is 1.09 bits per heavy atom. The molecule has 0 unspecified atom stereocenters. The van der Waals surface area contributed by atoms with Crippen LogP contribution in [0.4, 0.5) is 0 Å². The standard InChI is InChI=1S/C12H15BN2.C11H16.C2H5Cl.C2H6.C2H2/c1-7-5-11(6-15-10(7)4)12(8(2)13)9(3)14;1-3-10(2)9-11-7-5-4-6-8-11;1-2-3;2*1-2/h5-6,14H,1-4H3;4-8,10H,3,9H2,1-2H3;2H2,1H3;1-2H3;1-2H/b12-8+,14-9?;;;;/t;10-;;;/m.1.../s1. The van der Waals surface area contributed by atoms with Crippen LogP contribution in [-0.4, -0.2) is 24.4 Å². The zero-order valence-corrected chi connectivity index (χ0v) is 23.1. The summed E-state index contributed by atoms with van der Waals surface area (Å²) in [5.41, 5.74) is 6.42. The van der Waals surface area contributed by atoms with Gasteiger partial charge in [0, 0.05) is 29.0 Å². The fourth-order valence-corrected chi connectivity index (χ4v) is 2.68. The van der Waals surface area contributed by atoms with Crippen molar-refractivity contribution in [1.29, 1.82) is 5.41 Å². The van der Waals surface area contributed by atoms with Crippen LogP contribution in [0.1, 0.15) is 77.3 Å². The Kier molecular flexibility index (Phi) is 24.5. The molecular formula is C29H44BClN2. The highest BCUT2D eigenvalue weighted by atomic mass is 35.5. The lowest BCUT2D eigenvalue weighted by Crippen LogP contribution is -2.01. The van der Waals surface area contributed by atoms with Gasteiger partial charge >= 0.3 is 0 Å². The highest BCUT2D eigenvalue weighted by molar-refractivity contribution is 6.35. The molecule has 0 saturated heterocycles. The number of halogens is 1. The molecule has 2 nitrogen and oxygen atoms in total. The topological polar surface area (TPSA) is 36.7 Å². The predicted molar refractivity (Wildman–Crippen MR) is 153 cm³/mol. The average Bonchev–Trinajstić information content (AvgIpc) is 2.80. The largest absolute Gasteiger partial charge is 0.305 e. The van der Waals surface area contributed by atoms with Gasteiger partial charge in [0.15, 0.2) is 0 Å². The van der Waals surface area contributed by atoms with E-state index in [4.69, 9.17) is 24.9 Å². The van der Waals surface area contributed by atoms with E-state index in [1.54, 1.807) is 13.1 Å². The lowest BCUT2D eigenvalue weighted by molar-refractivity contribution is 0.560. The zero-order chi connectivity index (χ0) is 26.4. The first-order valence-electron chi connectivity index (χ1n) is 11.6. The quantitative estimate of drug-likeness (QED) is 0.204. The number of alkyl halides is 1. The third-order valence-electron chi connectivity index (χ3n) is 4.52. The van der Waals surface area contributed by atoms with Crippen molar-refractivity contribution in [3.63, 3.8) is 0 Å². The predicted octanol–water partition coefficient (Wildman–Crippen LogP) is 8.43. The van der Waals surface area contributed by atoms with E-state index in [2.05, 4.69) is 62.0 Å². The van der Waals surface area contributed by atoms with Gasteiger partial charge in [0.05, 0.1) is 0 Å². The molecule has 2 rings (SSSR count). The normalized spacial score (nSPS) is 10.7. The number of nitrogens with zero attached hydrogens (tertiary/aromatic N) is 1. The van der Waals surface area contributed by atoms with E-state index < -0.39 is 0 Å². The van der Waals surface area contributed by atoms with Gasteiger partial charge in [-0.05, 0) is 55.9 Å².